The van der Waals surface area contributed by atoms with Gasteiger partial charge in [-0.3, -0.25) is 14.9 Å². The summed E-state index contributed by atoms with van der Waals surface area (Å²) in [6.07, 6.45) is 0. The Kier molecular flexibility index (Phi) is 6.20. The Hall–Kier alpha value is -2.71. The fourth-order valence-electron chi connectivity index (χ4n) is 2.90. The van der Waals surface area contributed by atoms with Crippen LogP contribution in [0.2, 0.25) is 0 Å². The fourth-order valence-corrected chi connectivity index (χ4v) is 2.90. The zero-order chi connectivity index (χ0) is 19.2. The number of nitrogens with one attached hydrogen (secondary N) is 2. The number of aromatic nitrogens is 1. The third-order valence-electron chi connectivity index (χ3n) is 4.40. The maximum Gasteiger partial charge on any atom is 0.281 e. The first-order chi connectivity index (χ1) is 13.0. The van der Waals surface area contributed by atoms with E-state index in [-0.39, 0.29) is 24.9 Å². The molecule has 1 aliphatic rings. The predicted molar refractivity (Wildman–Crippen MR) is 99.3 cm³/mol. The van der Waals surface area contributed by atoms with Crippen molar-refractivity contribution in [1.29, 1.82) is 0 Å². The van der Waals surface area contributed by atoms with Gasteiger partial charge in [0.05, 0.1) is 20.3 Å². The minimum atomic E-state index is -0.228. The van der Waals surface area contributed by atoms with E-state index in [0.29, 0.717) is 37.9 Å². The summed E-state index contributed by atoms with van der Waals surface area (Å²) in [5, 5.41) is 6.68. The monoisotopic (exact) mass is 373 g/mol. The number of rotatable bonds is 6. The Morgan fingerprint density at radius 3 is 2.59 bits per heavy atom. The molecule has 8 heteroatoms. The van der Waals surface area contributed by atoms with Gasteiger partial charge in [0, 0.05) is 24.7 Å². The van der Waals surface area contributed by atoms with Gasteiger partial charge in [-0.2, -0.15) is 0 Å². The summed E-state index contributed by atoms with van der Waals surface area (Å²) < 4.78 is 10.4. The van der Waals surface area contributed by atoms with Gasteiger partial charge in [0.1, 0.15) is 5.69 Å². The third-order valence-corrected chi connectivity index (χ3v) is 4.40. The van der Waals surface area contributed by atoms with Crippen LogP contribution in [0.5, 0.6) is 0 Å². The van der Waals surface area contributed by atoms with E-state index in [1.165, 1.54) is 0 Å². The Labute approximate surface area is 158 Å². The molecule has 1 unspecified atom stereocenters. The summed E-state index contributed by atoms with van der Waals surface area (Å²) in [6.45, 7) is 4.80. The minimum Gasteiger partial charge on any atom is -0.378 e. The molecule has 3 rings (SSSR count). The molecule has 0 aliphatic carbocycles. The van der Waals surface area contributed by atoms with Gasteiger partial charge in [-0.25, -0.2) is 0 Å². The molecule has 2 aromatic rings. The molecule has 0 saturated carbocycles. The number of hydrogen-bond donors (Lipinski definition) is 2. The molecule has 1 saturated heterocycles. The van der Waals surface area contributed by atoms with E-state index in [1.54, 1.807) is 11.0 Å². The Morgan fingerprint density at radius 2 is 1.89 bits per heavy atom. The number of hydrogen-bond acceptors (Lipinski definition) is 5. The molecule has 1 aliphatic heterocycles. The lowest BCUT2D eigenvalue weighted by molar-refractivity contribution is -0.862. The summed E-state index contributed by atoms with van der Waals surface area (Å²) >= 11 is 0. The number of likely N-dealkylation sites (N-methyl/N-ethyl adjacent to an activating group) is 1. The van der Waals surface area contributed by atoms with E-state index in [2.05, 4.69) is 10.5 Å². The number of morpholine rings is 1. The summed E-state index contributed by atoms with van der Waals surface area (Å²) in [4.78, 5) is 27.0. The van der Waals surface area contributed by atoms with Crippen molar-refractivity contribution in [3.8, 4) is 11.3 Å². The molecule has 2 amide bonds. The van der Waals surface area contributed by atoms with Crippen LogP contribution >= 0.6 is 0 Å². The maximum atomic E-state index is 12.2. The van der Waals surface area contributed by atoms with Crippen molar-refractivity contribution >= 4 is 17.7 Å². The smallest absolute Gasteiger partial charge is 0.281 e. The van der Waals surface area contributed by atoms with Crippen molar-refractivity contribution in [2.45, 2.75) is 6.92 Å². The first-order valence-electron chi connectivity index (χ1n) is 9.01. The summed E-state index contributed by atoms with van der Waals surface area (Å²) in [5.41, 5.74) is 2.74. The van der Waals surface area contributed by atoms with Gasteiger partial charge < -0.3 is 19.1 Å². The summed E-state index contributed by atoms with van der Waals surface area (Å²) in [7, 11) is 1.82. The zero-order valence-electron chi connectivity index (χ0n) is 15.7. The van der Waals surface area contributed by atoms with E-state index >= 15 is 0 Å². The second kappa shape index (κ2) is 8.79. The fraction of sp³-hybridized carbons (Fsp3) is 0.421. The van der Waals surface area contributed by atoms with Crippen molar-refractivity contribution in [2.24, 2.45) is 0 Å². The zero-order valence-corrected chi connectivity index (χ0v) is 15.7. The molecule has 1 aromatic heterocycles. The molecule has 27 heavy (non-hydrogen) atoms. The van der Waals surface area contributed by atoms with Crippen LogP contribution in [0.3, 0.4) is 0 Å². The quantitative estimate of drug-likeness (QED) is 0.742. The van der Waals surface area contributed by atoms with E-state index in [4.69, 9.17) is 9.26 Å². The third kappa shape index (κ3) is 5.38. The lowest BCUT2D eigenvalue weighted by Crippen LogP contribution is -3.11. The van der Waals surface area contributed by atoms with Crippen LogP contribution in [0.15, 0.2) is 34.9 Å². The van der Waals surface area contributed by atoms with Gasteiger partial charge in [0.15, 0.2) is 13.1 Å². The number of carbonyl (C=O) groups excluding carboxylic acids is 2. The van der Waals surface area contributed by atoms with Crippen molar-refractivity contribution in [3.63, 3.8) is 0 Å². The van der Waals surface area contributed by atoms with Crippen LogP contribution in [0.25, 0.3) is 11.3 Å². The highest BCUT2D eigenvalue weighted by Crippen LogP contribution is 2.21. The SMILES string of the molecule is Cc1ccc(-c2cc(NC(=O)C[NH+](C)CC(=O)N3CCOCC3)on2)cc1. The highest BCUT2D eigenvalue weighted by atomic mass is 16.5. The molecular weight excluding hydrogens is 348 g/mol. The van der Waals surface area contributed by atoms with Gasteiger partial charge in [-0.15, -0.1) is 0 Å². The highest BCUT2D eigenvalue weighted by molar-refractivity contribution is 5.90. The number of amides is 2. The van der Waals surface area contributed by atoms with E-state index in [9.17, 15) is 9.59 Å². The first kappa shape index (κ1) is 19.1. The first-order valence-corrected chi connectivity index (χ1v) is 9.01. The van der Waals surface area contributed by atoms with Crippen molar-refractivity contribution in [3.05, 3.63) is 35.9 Å². The molecule has 0 radical (unpaired) electrons. The van der Waals surface area contributed by atoms with Crippen LogP contribution in [0.4, 0.5) is 5.88 Å². The number of anilines is 1. The summed E-state index contributed by atoms with van der Waals surface area (Å²) in [6, 6.07) is 9.58. The van der Waals surface area contributed by atoms with E-state index < -0.39 is 0 Å². The Morgan fingerprint density at radius 1 is 1.19 bits per heavy atom. The van der Waals surface area contributed by atoms with Gasteiger partial charge in [0.25, 0.3) is 11.8 Å². The van der Waals surface area contributed by atoms with Gasteiger partial charge >= 0.3 is 0 Å². The molecular formula is C19H25N4O4+. The molecule has 144 valence electrons. The van der Waals surface area contributed by atoms with E-state index in [0.717, 1.165) is 16.0 Å². The molecule has 2 N–H and O–H groups in total. The maximum absolute atomic E-state index is 12.2. The van der Waals surface area contributed by atoms with Crippen LogP contribution in [-0.2, 0) is 14.3 Å². The Balaban J connectivity index is 1.48. The standard InChI is InChI=1S/C19H24N4O4/c1-14-3-5-15(6-4-14)16-11-18(27-21-16)20-17(24)12-22(2)13-19(25)23-7-9-26-10-8-23/h3-6,11H,7-10,12-13H2,1-2H3,(H,20,24)/p+1. The van der Waals surface area contributed by atoms with Gasteiger partial charge in [-0.05, 0) is 6.92 Å². The van der Waals surface area contributed by atoms with E-state index in [1.807, 2.05) is 38.2 Å². The molecule has 0 spiro atoms. The molecule has 2 heterocycles. The second-order valence-corrected chi connectivity index (χ2v) is 6.79. The molecule has 1 aromatic carbocycles. The van der Waals surface area contributed by atoms with Crippen LogP contribution in [0.1, 0.15) is 5.56 Å². The van der Waals surface area contributed by atoms with Crippen molar-refractivity contribution < 1.29 is 23.7 Å². The van der Waals surface area contributed by atoms with Gasteiger partial charge in [-0.1, -0.05) is 35.0 Å². The predicted octanol–water partition coefficient (Wildman–Crippen LogP) is -0.0380. The number of nitrogens with zero attached hydrogens (tertiary/aromatic N) is 2. The lowest BCUT2D eigenvalue weighted by Gasteiger charge is -2.27. The van der Waals surface area contributed by atoms with Crippen molar-refractivity contribution in [1.82, 2.24) is 10.1 Å². The highest BCUT2D eigenvalue weighted by Gasteiger charge is 2.22. The normalized spacial score (nSPS) is 15.4. The van der Waals surface area contributed by atoms with Crippen LogP contribution in [-0.4, -0.2) is 68.3 Å². The van der Waals surface area contributed by atoms with Gasteiger partial charge in [0.2, 0.25) is 5.88 Å². The molecule has 8 nitrogen and oxygen atoms in total. The Bertz CT molecular complexity index is 781. The number of aryl methyl sites for hydroxylation is 1. The van der Waals surface area contributed by atoms with Crippen LogP contribution < -0.4 is 10.2 Å². The largest absolute Gasteiger partial charge is 0.378 e. The molecule has 0 bridgehead atoms. The number of carbonyl (C=O) groups is 2. The number of quaternary nitrogens is 1. The topological polar surface area (TPSA) is 89.1 Å². The number of benzene rings is 1. The molecule has 1 fully saturated rings. The van der Waals surface area contributed by atoms with Crippen LogP contribution in [0, 0.1) is 6.92 Å². The second-order valence-electron chi connectivity index (χ2n) is 6.79. The average Bonchev–Trinajstić information content (AvgIpc) is 3.11. The average molecular weight is 373 g/mol. The minimum absolute atomic E-state index is 0.0323. The summed E-state index contributed by atoms with van der Waals surface area (Å²) in [5.74, 6) is 0.0988. The number of ether oxygens (including phenoxy) is 1. The lowest BCUT2D eigenvalue weighted by atomic mass is 10.1. The molecule has 1 atom stereocenters. The van der Waals surface area contributed by atoms with Crippen molar-refractivity contribution in [2.75, 3.05) is 51.8 Å².